The summed E-state index contributed by atoms with van der Waals surface area (Å²) in [5, 5.41) is 9.15. The normalized spacial score (nSPS) is 17.4. The largest absolute Gasteiger partial charge is 0.481 e. The zero-order valence-electron chi connectivity index (χ0n) is 14.4. The second-order valence-corrected chi connectivity index (χ2v) is 6.54. The molecule has 0 aromatic carbocycles. The number of H-pyrrole nitrogens is 2. The van der Waals surface area contributed by atoms with Crippen molar-refractivity contribution in [3.63, 3.8) is 0 Å². The van der Waals surface area contributed by atoms with Crippen LogP contribution in [0.15, 0.2) is 15.7 Å². The number of piperidine rings is 1. The summed E-state index contributed by atoms with van der Waals surface area (Å²) in [6, 6.07) is 1.38. The van der Waals surface area contributed by atoms with Gasteiger partial charge in [0.25, 0.3) is 11.5 Å². The van der Waals surface area contributed by atoms with Crippen LogP contribution in [-0.4, -0.2) is 49.4 Å². The van der Waals surface area contributed by atoms with Gasteiger partial charge in [0, 0.05) is 19.0 Å². The monoisotopic (exact) mass is 360 g/mol. The molecule has 3 heterocycles. The third kappa shape index (κ3) is 3.51. The number of rotatable bonds is 4. The smallest absolute Gasteiger partial charge is 0.327 e. The molecular weight excluding hydrogens is 340 g/mol. The first kappa shape index (κ1) is 17.8. The van der Waals surface area contributed by atoms with E-state index in [1.54, 1.807) is 11.8 Å². The van der Waals surface area contributed by atoms with E-state index in [-0.39, 0.29) is 35.1 Å². The minimum absolute atomic E-state index is 0.00131. The number of aromatic nitrogens is 3. The number of likely N-dealkylation sites (tertiary alicyclic amines) is 1. The molecule has 26 heavy (non-hydrogen) atoms. The molecule has 2 aromatic rings. The highest BCUT2D eigenvalue weighted by atomic mass is 16.4. The van der Waals surface area contributed by atoms with Crippen molar-refractivity contribution in [3.8, 4) is 0 Å². The second kappa shape index (κ2) is 7.11. The molecule has 0 bridgehead atoms. The average molecular weight is 360 g/mol. The standard InChI is InChI=1S/C17H20N4O5/c1-9-8-11(18-14-13(9)15(24)20-17(26)19-14)16(25)21-7-3-2-4-10(21)5-6-12(22)23/h8,10H,2-7H2,1H3,(H,22,23)(H2,18,19,20,24,26). The molecule has 9 heteroatoms. The van der Waals surface area contributed by atoms with E-state index in [0.717, 1.165) is 19.3 Å². The number of nitrogens with one attached hydrogen (secondary N) is 2. The minimum atomic E-state index is -0.889. The van der Waals surface area contributed by atoms with Gasteiger partial charge in [0.1, 0.15) is 11.3 Å². The lowest BCUT2D eigenvalue weighted by Crippen LogP contribution is -2.44. The lowest BCUT2D eigenvalue weighted by molar-refractivity contribution is -0.137. The number of aromatic amines is 2. The van der Waals surface area contributed by atoms with Gasteiger partial charge in [-0.25, -0.2) is 9.78 Å². The summed E-state index contributed by atoms with van der Waals surface area (Å²) in [5.74, 6) is -1.20. The van der Waals surface area contributed by atoms with Crippen LogP contribution in [-0.2, 0) is 4.79 Å². The van der Waals surface area contributed by atoms with Gasteiger partial charge in [0.2, 0.25) is 0 Å². The Bertz CT molecular complexity index is 977. The molecule has 0 aliphatic carbocycles. The Balaban J connectivity index is 1.96. The summed E-state index contributed by atoms with van der Waals surface area (Å²) < 4.78 is 0. The first-order valence-electron chi connectivity index (χ1n) is 8.53. The number of aliphatic carboxylic acids is 1. The van der Waals surface area contributed by atoms with Gasteiger partial charge >= 0.3 is 11.7 Å². The average Bonchev–Trinajstić information content (AvgIpc) is 2.58. The molecule has 1 atom stereocenters. The highest BCUT2D eigenvalue weighted by Crippen LogP contribution is 2.23. The number of hydrogen-bond acceptors (Lipinski definition) is 5. The fourth-order valence-corrected chi connectivity index (χ4v) is 3.47. The summed E-state index contributed by atoms with van der Waals surface area (Å²) in [6.45, 7) is 2.21. The van der Waals surface area contributed by atoms with E-state index in [1.807, 2.05) is 0 Å². The molecule has 1 aliphatic heterocycles. The van der Waals surface area contributed by atoms with Crippen molar-refractivity contribution >= 4 is 22.9 Å². The van der Waals surface area contributed by atoms with Gasteiger partial charge < -0.3 is 10.0 Å². The van der Waals surface area contributed by atoms with Crippen LogP contribution in [0.1, 0.15) is 48.2 Å². The van der Waals surface area contributed by atoms with Crippen molar-refractivity contribution in [3.05, 3.63) is 38.2 Å². The number of nitrogens with zero attached hydrogens (tertiary/aromatic N) is 2. The fraction of sp³-hybridized carbons (Fsp3) is 0.471. The van der Waals surface area contributed by atoms with Gasteiger partial charge in [-0.2, -0.15) is 0 Å². The predicted octanol–water partition coefficient (Wildman–Crippen LogP) is 0.779. The van der Waals surface area contributed by atoms with Crippen molar-refractivity contribution in [2.45, 2.75) is 45.1 Å². The van der Waals surface area contributed by atoms with Gasteiger partial charge in [-0.15, -0.1) is 0 Å². The third-order valence-corrected chi connectivity index (χ3v) is 4.70. The maximum absolute atomic E-state index is 13.0. The minimum Gasteiger partial charge on any atom is -0.481 e. The zero-order chi connectivity index (χ0) is 18.8. The maximum Gasteiger partial charge on any atom is 0.327 e. The number of hydrogen-bond donors (Lipinski definition) is 3. The molecule has 1 fully saturated rings. The molecule has 2 aromatic heterocycles. The van der Waals surface area contributed by atoms with Crippen LogP contribution < -0.4 is 11.2 Å². The molecule has 1 amide bonds. The van der Waals surface area contributed by atoms with E-state index in [0.29, 0.717) is 18.5 Å². The van der Waals surface area contributed by atoms with Gasteiger partial charge in [0.05, 0.1) is 5.39 Å². The van der Waals surface area contributed by atoms with Crippen LogP contribution in [0.25, 0.3) is 11.0 Å². The predicted molar refractivity (Wildman–Crippen MR) is 93.3 cm³/mol. The van der Waals surface area contributed by atoms with Crippen molar-refractivity contribution in [2.75, 3.05) is 6.54 Å². The first-order chi connectivity index (χ1) is 12.4. The molecule has 9 nitrogen and oxygen atoms in total. The number of carboxylic acids is 1. The molecular formula is C17H20N4O5. The van der Waals surface area contributed by atoms with Crippen molar-refractivity contribution < 1.29 is 14.7 Å². The molecule has 138 valence electrons. The summed E-state index contributed by atoms with van der Waals surface area (Å²) in [7, 11) is 0. The van der Waals surface area contributed by atoms with Gasteiger partial charge in [-0.05, 0) is 44.2 Å². The quantitative estimate of drug-likeness (QED) is 0.737. The van der Waals surface area contributed by atoms with E-state index in [1.165, 1.54) is 6.07 Å². The van der Waals surface area contributed by atoms with Crippen LogP contribution >= 0.6 is 0 Å². The Morgan fingerprint density at radius 2 is 2.08 bits per heavy atom. The first-order valence-corrected chi connectivity index (χ1v) is 8.53. The van der Waals surface area contributed by atoms with Crippen LogP contribution in [0.4, 0.5) is 0 Å². The van der Waals surface area contributed by atoms with Gasteiger partial charge in [0.15, 0.2) is 0 Å². The summed E-state index contributed by atoms with van der Waals surface area (Å²) >= 11 is 0. The number of carbonyl (C=O) groups excluding carboxylic acids is 1. The molecule has 0 spiro atoms. The Morgan fingerprint density at radius 3 is 2.81 bits per heavy atom. The molecule has 0 saturated carbocycles. The molecule has 3 N–H and O–H groups in total. The molecule has 1 unspecified atom stereocenters. The number of pyridine rings is 1. The van der Waals surface area contributed by atoms with Crippen LogP contribution in [0.2, 0.25) is 0 Å². The highest BCUT2D eigenvalue weighted by Gasteiger charge is 2.29. The molecule has 1 aliphatic rings. The Labute approximate surface area is 148 Å². The van der Waals surface area contributed by atoms with E-state index in [9.17, 15) is 19.2 Å². The van der Waals surface area contributed by atoms with Crippen LogP contribution in [0.5, 0.6) is 0 Å². The third-order valence-electron chi connectivity index (χ3n) is 4.70. The van der Waals surface area contributed by atoms with Gasteiger partial charge in [-0.3, -0.25) is 24.4 Å². The Hall–Kier alpha value is -2.97. The topological polar surface area (TPSA) is 136 Å². The number of fused-ring (bicyclic) bond motifs is 1. The lowest BCUT2D eigenvalue weighted by Gasteiger charge is -2.35. The number of carboxylic acid groups (broad SMARTS) is 1. The molecule has 3 rings (SSSR count). The SMILES string of the molecule is Cc1cc(C(=O)N2CCCCC2CCC(=O)O)nc2[nH]c(=O)[nH]c(=O)c12. The molecule has 1 saturated heterocycles. The maximum atomic E-state index is 13.0. The van der Waals surface area contributed by atoms with E-state index in [4.69, 9.17) is 5.11 Å². The highest BCUT2D eigenvalue weighted by molar-refractivity contribution is 5.95. The van der Waals surface area contributed by atoms with E-state index < -0.39 is 17.2 Å². The number of amides is 1. The number of carbonyl (C=O) groups is 2. The zero-order valence-corrected chi connectivity index (χ0v) is 14.4. The second-order valence-electron chi connectivity index (χ2n) is 6.54. The summed E-state index contributed by atoms with van der Waals surface area (Å²) in [5.41, 5.74) is -0.490. The Morgan fingerprint density at radius 1 is 1.31 bits per heavy atom. The summed E-state index contributed by atoms with van der Waals surface area (Å²) in [4.78, 5) is 57.7. The van der Waals surface area contributed by atoms with E-state index >= 15 is 0 Å². The summed E-state index contributed by atoms with van der Waals surface area (Å²) in [6.07, 6.45) is 2.94. The lowest BCUT2D eigenvalue weighted by atomic mass is 9.97. The van der Waals surface area contributed by atoms with Crippen molar-refractivity contribution in [2.24, 2.45) is 0 Å². The molecule has 0 radical (unpaired) electrons. The van der Waals surface area contributed by atoms with Crippen molar-refractivity contribution in [1.29, 1.82) is 0 Å². The van der Waals surface area contributed by atoms with E-state index in [2.05, 4.69) is 15.0 Å². The Kier molecular flexibility index (Phi) is 4.88. The van der Waals surface area contributed by atoms with Crippen LogP contribution in [0, 0.1) is 6.92 Å². The fourth-order valence-electron chi connectivity index (χ4n) is 3.47. The van der Waals surface area contributed by atoms with Gasteiger partial charge in [-0.1, -0.05) is 0 Å². The van der Waals surface area contributed by atoms with Crippen molar-refractivity contribution in [1.82, 2.24) is 19.9 Å². The van der Waals surface area contributed by atoms with Crippen LogP contribution in [0.3, 0.4) is 0 Å². The number of aryl methyl sites for hydroxylation is 1.